The number of fused-ring (bicyclic) bond motifs is 3. The molecule has 0 fully saturated rings. The number of nitrogens with zero attached hydrogens (tertiary/aromatic N) is 4. The van der Waals surface area contributed by atoms with E-state index in [1.807, 2.05) is 58.9 Å². The fraction of sp³-hybridized carbons (Fsp3) is 0.412. The molecule has 1 atom stereocenters. The van der Waals surface area contributed by atoms with Crippen molar-refractivity contribution in [2.24, 2.45) is 0 Å². The number of amides is 1. The summed E-state index contributed by atoms with van der Waals surface area (Å²) >= 11 is 1.39. The van der Waals surface area contributed by atoms with Gasteiger partial charge in [0.1, 0.15) is 5.82 Å². The maximum Gasteiger partial charge on any atom is 0.233 e. The number of hydrogen-bond acceptors (Lipinski definition) is 5. The van der Waals surface area contributed by atoms with Crippen LogP contribution in [0.25, 0.3) is 16.6 Å². The summed E-state index contributed by atoms with van der Waals surface area (Å²) in [6.07, 6.45) is 0. The Morgan fingerprint density at radius 3 is 2.67 bits per heavy atom. The van der Waals surface area contributed by atoms with Crippen LogP contribution in [0.2, 0.25) is 0 Å². The van der Waals surface area contributed by atoms with E-state index < -0.39 is 0 Å². The first-order valence-electron chi connectivity index (χ1n) is 7.85. The Bertz CT molecular complexity index is 912. The van der Waals surface area contributed by atoms with Crippen molar-refractivity contribution in [3.05, 3.63) is 30.1 Å². The summed E-state index contributed by atoms with van der Waals surface area (Å²) in [5.74, 6) is 0.661. The molecule has 1 unspecified atom stereocenters. The molecule has 2 aromatic heterocycles. The van der Waals surface area contributed by atoms with Crippen molar-refractivity contribution < 1.29 is 4.79 Å². The number of benzene rings is 1. The summed E-state index contributed by atoms with van der Waals surface area (Å²) in [6, 6.07) is 7.83. The van der Waals surface area contributed by atoms with Crippen molar-refractivity contribution >= 4 is 34.2 Å². The molecule has 7 heteroatoms. The molecule has 6 nitrogen and oxygen atoms in total. The van der Waals surface area contributed by atoms with Gasteiger partial charge in [0.2, 0.25) is 5.91 Å². The van der Waals surface area contributed by atoms with Gasteiger partial charge in [0.05, 0.1) is 10.8 Å². The standard InChI is InChI=1S/C17H21N5OS/c1-10(15(23)20-17(3,4)5)24-16-19-13-9-7-6-8-12(13)14-18-11(2)21-22(14)16/h6-10H,1-5H3,(H,20,23). The highest BCUT2D eigenvalue weighted by Gasteiger charge is 2.22. The highest BCUT2D eigenvalue weighted by molar-refractivity contribution is 8.00. The van der Waals surface area contributed by atoms with Gasteiger partial charge in [-0.05, 0) is 46.8 Å². The van der Waals surface area contributed by atoms with Gasteiger partial charge in [-0.25, -0.2) is 9.97 Å². The second-order valence-corrected chi connectivity index (χ2v) is 8.11. The van der Waals surface area contributed by atoms with Gasteiger partial charge in [-0.15, -0.1) is 5.10 Å². The van der Waals surface area contributed by atoms with Gasteiger partial charge in [-0.3, -0.25) is 4.79 Å². The van der Waals surface area contributed by atoms with Crippen LogP contribution >= 0.6 is 11.8 Å². The normalized spacial score (nSPS) is 13.4. The first-order chi connectivity index (χ1) is 11.2. The highest BCUT2D eigenvalue weighted by Crippen LogP contribution is 2.26. The van der Waals surface area contributed by atoms with Gasteiger partial charge in [0.15, 0.2) is 10.8 Å². The van der Waals surface area contributed by atoms with Crippen molar-refractivity contribution in [2.45, 2.75) is 50.6 Å². The van der Waals surface area contributed by atoms with E-state index in [2.05, 4.69) is 20.4 Å². The average Bonchev–Trinajstić information content (AvgIpc) is 2.87. The molecule has 24 heavy (non-hydrogen) atoms. The minimum Gasteiger partial charge on any atom is -0.351 e. The monoisotopic (exact) mass is 343 g/mol. The number of hydrogen-bond donors (Lipinski definition) is 1. The number of carbonyl (C=O) groups excluding carboxylic acids is 1. The maximum absolute atomic E-state index is 12.4. The number of para-hydroxylation sites is 1. The number of aryl methyl sites for hydroxylation is 1. The summed E-state index contributed by atoms with van der Waals surface area (Å²) < 4.78 is 1.73. The Morgan fingerprint density at radius 2 is 1.96 bits per heavy atom. The quantitative estimate of drug-likeness (QED) is 0.585. The summed E-state index contributed by atoms with van der Waals surface area (Å²) in [4.78, 5) is 21.6. The third kappa shape index (κ3) is 3.36. The number of thioether (sulfide) groups is 1. The van der Waals surface area contributed by atoms with Crippen LogP contribution in [0.15, 0.2) is 29.4 Å². The van der Waals surface area contributed by atoms with Crippen molar-refractivity contribution in [1.82, 2.24) is 24.9 Å². The molecule has 2 heterocycles. The lowest BCUT2D eigenvalue weighted by molar-refractivity contribution is -0.121. The van der Waals surface area contributed by atoms with Crippen LogP contribution in [0, 0.1) is 6.92 Å². The number of rotatable bonds is 3. The summed E-state index contributed by atoms with van der Waals surface area (Å²) in [5, 5.41) is 8.77. The lowest BCUT2D eigenvalue weighted by Gasteiger charge is -2.22. The number of carbonyl (C=O) groups is 1. The Morgan fingerprint density at radius 1 is 1.25 bits per heavy atom. The van der Waals surface area contributed by atoms with Crippen molar-refractivity contribution in [2.75, 3.05) is 0 Å². The highest BCUT2D eigenvalue weighted by atomic mass is 32.2. The lowest BCUT2D eigenvalue weighted by atomic mass is 10.1. The first-order valence-corrected chi connectivity index (χ1v) is 8.73. The zero-order chi connectivity index (χ0) is 17.5. The molecule has 3 rings (SSSR count). The Labute approximate surface area is 145 Å². The van der Waals surface area contributed by atoms with E-state index in [-0.39, 0.29) is 16.7 Å². The first kappa shape index (κ1) is 16.7. The van der Waals surface area contributed by atoms with E-state index in [4.69, 9.17) is 0 Å². The second-order valence-electron chi connectivity index (χ2n) is 6.81. The minimum absolute atomic E-state index is 0.0209. The molecule has 0 aliphatic rings. The predicted octanol–water partition coefficient (Wildman–Crippen LogP) is 2.98. The molecule has 3 aromatic rings. The molecule has 0 radical (unpaired) electrons. The molecular formula is C17H21N5OS. The number of aromatic nitrogens is 4. The van der Waals surface area contributed by atoms with Crippen LogP contribution < -0.4 is 5.32 Å². The van der Waals surface area contributed by atoms with Crippen molar-refractivity contribution in [3.63, 3.8) is 0 Å². The third-order valence-corrected chi connectivity index (χ3v) is 4.45. The topological polar surface area (TPSA) is 72.2 Å². The molecule has 0 saturated heterocycles. The molecular weight excluding hydrogens is 322 g/mol. The van der Waals surface area contributed by atoms with Crippen LogP contribution in [0.3, 0.4) is 0 Å². The Hall–Kier alpha value is -2.15. The van der Waals surface area contributed by atoms with E-state index in [1.54, 1.807) is 4.52 Å². The third-order valence-electron chi connectivity index (χ3n) is 3.40. The van der Waals surface area contributed by atoms with E-state index in [0.29, 0.717) is 11.0 Å². The van der Waals surface area contributed by atoms with Gasteiger partial charge in [-0.1, -0.05) is 23.9 Å². The van der Waals surface area contributed by atoms with E-state index >= 15 is 0 Å². The summed E-state index contributed by atoms with van der Waals surface area (Å²) in [5.41, 5.74) is 1.36. The summed E-state index contributed by atoms with van der Waals surface area (Å²) in [6.45, 7) is 9.63. The van der Waals surface area contributed by atoms with Gasteiger partial charge >= 0.3 is 0 Å². The van der Waals surface area contributed by atoms with E-state index in [9.17, 15) is 4.79 Å². The van der Waals surface area contributed by atoms with Crippen LogP contribution in [0.5, 0.6) is 0 Å². The lowest BCUT2D eigenvalue weighted by Crippen LogP contribution is -2.44. The molecule has 0 aliphatic carbocycles. The van der Waals surface area contributed by atoms with Crippen LogP contribution in [0.4, 0.5) is 0 Å². The average molecular weight is 343 g/mol. The molecule has 126 valence electrons. The fourth-order valence-electron chi connectivity index (χ4n) is 2.39. The molecule has 0 aliphatic heterocycles. The molecule has 1 aromatic carbocycles. The smallest absolute Gasteiger partial charge is 0.233 e. The van der Waals surface area contributed by atoms with Crippen molar-refractivity contribution in [3.8, 4) is 0 Å². The minimum atomic E-state index is -0.286. The number of nitrogens with one attached hydrogen (secondary N) is 1. The molecule has 0 bridgehead atoms. The fourth-order valence-corrected chi connectivity index (χ4v) is 3.25. The molecule has 0 saturated carbocycles. The zero-order valence-corrected chi connectivity index (χ0v) is 15.3. The molecule has 0 spiro atoms. The van der Waals surface area contributed by atoms with Crippen LogP contribution in [0.1, 0.15) is 33.5 Å². The van der Waals surface area contributed by atoms with Gasteiger partial charge in [0, 0.05) is 10.9 Å². The largest absolute Gasteiger partial charge is 0.351 e. The Balaban J connectivity index is 2.00. The summed E-state index contributed by atoms with van der Waals surface area (Å²) in [7, 11) is 0. The second kappa shape index (κ2) is 6.05. The van der Waals surface area contributed by atoms with Crippen molar-refractivity contribution in [1.29, 1.82) is 0 Å². The SMILES string of the molecule is Cc1nc2c3ccccc3nc(SC(C)C(=O)NC(C)(C)C)n2n1. The molecule has 1 amide bonds. The van der Waals surface area contributed by atoms with E-state index in [1.165, 1.54) is 11.8 Å². The van der Waals surface area contributed by atoms with Crippen LogP contribution in [-0.2, 0) is 4.79 Å². The van der Waals surface area contributed by atoms with Gasteiger partial charge in [-0.2, -0.15) is 4.52 Å². The van der Waals surface area contributed by atoms with Crippen LogP contribution in [-0.4, -0.2) is 36.3 Å². The predicted molar refractivity (Wildman–Crippen MR) is 96.2 cm³/mol. The maximum atomic E-state index is 12.4. The Kier molecular flexibility index (Phi) is 4.21. The van der Waals surface area contributed by atoms with Gasteiger partial charge < -0.3 is 5.32 Å². The zero-order valence-electron chi connectivity index (χ0n) is 14.5. The molecule has 1 N–H and O–H groups in total. The van der Waals surface area contributed by atoms with E-state index in [0.717, 1.165) is 16.6 Å². The van der Waals surface area contributed by atoms with Gasteiger partial charge in [0.25, 0.3) is 0 Å².